The minimum absolute atomic E-state index is 0.155. The van der Waals surface area contributed by atoms with E-state index in [-0.39, 0.29) is 27.6 Å². The van der Waals surface area contributed by atoms with E-state index in [1.54, 1.807) is 0 Å². The van der Waals surface area contributed by atoms with Crippen LogP contribution in [0.5, 0.6) is 11.5 Å². The topological polar surface area (TPSA) is 142 Å². The summed E-state index contributed by atoms with van der Waals surface area (Å²) in [5.41, 5.74) is 0.180. The minimum atomic E-state index is -4.11. The number of aryl methyl sites for hydroxylation is 1. The van der Waals surface area contributed by atoms with Gasteiger partial charge in [-0.1, -0.05) is 6.07 Å². The summed E-state index contributed by atoms with van der Waals surface area (Å²) in [6, 6.07) is 7.17. The average molecular weight is 351 g/mol. The van der Waals surface area contributed by atoms with E-state index in [9.17, 15) is 23.6 Å². The van der Waals surface area contributed by atoms with Crippen molar-refractivity contribution in [3.8, 4) is 11.5 Å². The molecule has 2 aromatic carbocycles. The van der Waals surface area contributed by atoms with Crippen LogP contribution in [0.1, 0.15) is 11.1 Å². The van der Waals surface area contributed by atoms with Crippen LogP contribution in [0.4, 0.5) is 5.69 Å². The number of benzene rings is 2. The number of nitrogens with zero attached hydrogens (tertiary/aromatic N) is 2. The number of nitrogens with one attached hydrogen (secondary N) is 1. The smallest absolute Gasteiger partial charge is 0.276 e. The number of phenolic OH excluding ortho intramolecular Hbond substituents is 2. The van der Waals surface area contributed by atoms with Gasteiger partial charge in [-0.15, -0.1) is 0 Å². The molecule has 0 aliphatic carbocycles. The number of nitro groups is 1. The number of nitro benzene ring substituents is 1. The molecule has 3 N–H and O–H groups in total. The molecule has 0 heterocycles. The average Bonchev–Trinajstić information content (AvgIpc) is 2.49. The largest absolute Gasteiger partial charge is 0.508 e. The molecule has 0 unspecified atom stereocenters. The van der Waals surface area contributed by atoms with Gasteiger partial charge in [0.1, 0.15) is 11.5 Å². The van der Waals surface area contributed by atoms with E-state index in [2.05, 4.69) is 5.10 Å². The van der Waals surface area contributed by atoms with Gasteiger partial charge in [0.2, 0.25) is 0 Å². The molecule has 10 heteroatoms. The zero-order valence-corrected chi connectivity index (χ0v) is 13.2. The van der Waals surface area contributed by atoms with Gasteiger partial charge in [0.25, 0.3) is 15.7 Å². The Morgan fingerprint density at radius 1 is 1.21 bits per heavy atom. The van der Waals surface area contributed by atoms with Crippen LogP contribution in [0.2, 0.25) is 0 Å². The Bertz CT molecular complexity index is 924. The van der Waals surface area contributed by atoms with Crippen LogP contribution < -0.4 is 4.83 Å². The summed E-state index contributed by atoms with van der Waals surface area (Å²) in [6.45, 7) is 1.49. The van der Waals surface area contributed by atoms with E-state index in [4.69, 9.17) is 5.11 Å². The van der Waals surface area contributed by atoms with Crippen molar-refractivity contribution in [2.75, 3.05) is 0 Å². The van der Waals surface area contributed by atoms with Gasteiger partial charge in [0.05, 0.1) is 16.0 Å². The maximum Gasteiger partial charge on any atom is 0.276 e. The third-order valence-corrected chi connectivity index (χ3v) is 4.30. The predicted octanol–water partition coefficient (Wildman–Crippen LogP) is 1.63. The van der Waals surface area contributed by atoms with Crippen LogP contribution in [0.3, 0.4) is 0 Å². The summed E-state index contributed by atoms with van der Waals surface area (Å²) in [7, 11) is -4.11. The van der Waals surface area contributed by atoms with Crippen molar-refractivity contribution in [2.24, 2.45) is 5.10 Å². The molecular formula is C14H13N3O6S. The first-order valence-electron chi connectivity index (χ1n) is 6.52. The monoisotopic (exact) mass is 351 g/mol. The standard InChI is InChI=1S/C14H13N3O6S/c1-9-2-5-12(7-13(9)17(20)21)24(22,23)16-15-8-10-3-4-11(18)6-14(10)19/h2-8,16,18-19H,1H3/b15-8+. The van der Waals surface area contributed by atoms with Gasteiger partial charge in [0, 0.05) is 23.3 Å². The van der Waals surface area contributed by atoms with E-state index < -0.39 is 14.9 Å². The fourth-order valence-electron chi connectivity index (χ4n) is 1.81. The lowest BCUT2D eigenvalue weighted by Crippen LogP contribution is -2.18. The molecule has 0 saturated heterocycles. The number of hydrazone groups is 1. The maximum absolute atomic E-state index is 12.1. The van der Waals surface area contributed by atoms with E-state index in [0.29, 0.717) is 5.56 Å². The minimum Gasteiger partial charge on any atom is -0.508 e. The zero-order chi connectivity index (χ0) is 17.9. The molecule has 0 atom stereocenters. The molecule has 0 bridgehead atoms. The Morgan fingerprint density at radius 3 is 2.54 bits per heavy atom. The molecule has 2 aromatic rings. The molecule has 0 aromatic heterocycles. The Hall–Kier alpha value is -3.14. The number of sulfonamides is 1. The molecule has 0 aliphatic rings. The van der Waals surface area contributed by atoms with E-state index in [1.165, 1.54) is 31.2 Å². The zero-order valence-electron chi connectivity index (χ0n) is 12.4. The van der Waals surface area contributed by atoms with Crippen LogP contribution in [-0.2, 0) is 10.0 Å². The van der Waals surface area contributed by atoms with Gasteiger partial charge in [-0.3, -0.25) is 10.1 Å². The van der Waals surface area contributed by atoms with Crippen molar-refractivity contribution < 1.29 is 23.6 Å². The van der Waals surface area contributed by atoms with Gasteiger partial charge < -0.3 is 10.2 Å². The second-order valence-corrected chi connectivity index (χ2v) is 6.46. The van der Waals surface area contributed by atoms with Crippen molar-refractivity contribution in [2.45, 2.75) is 11.8 Å². The molecule has 24 heavy (non-hydrogen) atoms. The molecule has 9 nitrogen and oxygen atoms in total. The number of hydrogen-bond donors (Lipinski definition) is 3. The second kappa shape index (κ2) is 6.54. The van der Waals surface area contributed by atoms with Crippen LogP contribution in [0, 0.1) is 17.0 Å². The third-order valence-electron chi connectivity index (χ3n) is 3.08. The first-order valence-corrected chi connectivity index (χ1v) is 8.01. The molecule has 0 saturated carbocycles. The Labute approximate surface area is 137 Å². The van der Waals surface area contributed by atoms with Crippen LogP contribution in [0.15, 0.2) is 46.4 Å². The molecule has 0 fully saturated rings. The van der Waals surface area contributed by atoms with E-state index >= 15 is 0 Å². The Morgan fingerprint density at radius 2 is 1.92 bits per heavy atom. The lowest BCUT2D eigenvalue weighted by molar-refractivity contribution is -0.385. The predicted molar refractivity (Wildman–Crippen MR) is 85.5 cm³/mol. The van der Waals surface area contributed by atoms with Gasteiger partial charge in [-0.2, -0.15) is 13.5 Å². The van der Waals surface area contributed by atoms with Crippen molar-refractivity contribution in [1.82, 2.24) is 4.83 Å². The number of phenols is 2. The van der Waals surface area contributed by atoms with Crippen LogP contribution in [-0.4, -0.2) is 29.8 Å². The lowest BCUT2D eigenvalue weighted by Gasteiger charge is -2.05. The summed E-state index contributed by atoms with van der Waals surface area (Å²) in [4.78, 5) is 11.8. The highest BCUT2D eigenvalue weighted by atomic mass is 32.2. The Balaban J connectivity index is 2.24. The third kappa shape index (κ3) is 3.79. The number of rotatable bonds is 5. The summed E-state index contributed by atoms with van der Waals surface area (Å²) in [5, 5.41) is 33.1. The van der Waals surface area contributed by atoms with Gasteiger partial charge >= 0.3 is 0 Å². The first-order chi connectivity index (χ1) is 11.2. The SMILES string of the molecule is Cc1ccc(S(=O)(=O)N/N=C/c2ccc(O)cc2O)cc1[N+](=O)[O-]. The van der Waals surface area contributed by atoms with Crippen molar-refractivity contribution in [3.05, 3.63) is 57.6 Å². The first kappa shape index (κ1) is 17.2. The number of hydrogen-bond acceptors (Lipinski definition) is 7. The molecule has 126 valence electrons. The summed E-state index contributed by atoms with van der Waals surface area (Å²) in [5.74, 6) is -0.443. The maximum atomic E-state index is 12.1. The van der Waals surface area contributed by atoms with Gasteiger partial charge in [0.15, 0.2) is 0 Å². The fourth-order valence-corrected chi connectivity index (χ4v) is 2.62. The summed E-state index contributed by atoms with van der Waals surface area (Å²) < 4.78 is 24.2. The Kier molecular flexibility index (Phi) is 4.69. The molecule has 0 spiro atoms. The van der Waals surface area contributed by atoms with Gasteiger partial charge in [-0.25, -0.2) is 4.83 Å². The molecular weight excluding hydrogens is 338 g/mol. The van der Waals surface area contributed by atoms with Crippen molar-refractivity contribution >= 4 is 21.9 Å². The van der Waals surface area contributed by atoms with E-state index in [1.807, 2.05) is 4.83 Å². The summed E-state index contributed by atoms with van der Waals surface area (Å²) >= 11 is 0. The highest BCUT2D eigenvalue weighted by Gasteiger charge is 2.19. The van der Waals surface area contributed by atoms with Crippen LogP contribution in [0.25, 0.3) is 0 Å². The molecule has 0 amide bonds. The second-order valence-electron chi connectivity index (χ2n) is 4.80. The van der Waals surface area contributed by atoms with Crippen molar-refractivity contribution in [1.29, 1.82) is 0 Å². The van der Waals surface area contributed by atoms with Crippen LogP contribution >= 0.6 is 0 Å². The molecule has 2 rings (SSSR count). The normalized spacial score (nSPS) is 11.5. The lowest BCUT2D eigenvalue weighted by atomic mass is 10.2. The molecule has 0 aliphatic heterocycles. The van der Waals surface area contributed by atoms with E-state index in [0.717, 1.165) is 18.3 Å². The number of aromatic hydroxyl groups is 2. The fraction of sp³-hybridized carbons (Fsp3) is 0.0714. The van der Waals surface area contributed by atoms with Crippen molar-refractivity contribution in [3.63, 3.8) is 0 Å². The summed E-state index contributed by atoms with van der Waals surface area (Å²) in [6.07, 6.45) is 1.04. The van der Waals surface area contributed by atoms with Gasteiger partial charge in [-0.05, 0) is 25.1 Å². The molecule has 0 radical (unpaired) electrons. The quantitative estimate of drug-likeness (QED) is 0.424. The highest BCUT2D eigenvalue weighted by molar-refractivity contribution is 7.89. The highest BCUT2D eigenvalue weighted by Crippen LogP contribution is 2.22.